The second-order valence-electron chi connectivity index (χ2n) is 5.63. The van der Waals surface area contributed by atoms with Gasteiger partial charge in [0.15, 0.2) is 0 Å². The number of aryl methyl sites for hydroxylation is 1. The molecule has 0 aromatic heterocycles. The van der Waals surface area contributed by atoms with Crippen LogP contribution in [-0.2, 0) is 21.4 Å². The number of amides is 1. The molecule has 0 saturated heterocycles. The highest BCUT2D eigenvalue weighted by Gasteiger charge is 2.21. The Morgan fingerprint density at radius 1 is 1.12 bits per heavy atom. The summed E-state index contributed by atoms with van der Waals surface area (Å²) in [5, 5.41) is 3.24. The minimum absolute atomic E-state index is 0.216. The minimum Gasteiger partial charge on any atom is -0.350 e. The molecule has 1 amide bonds. The molecule has 1 N–H and O–H groups in total. The third kappa shape index (κ3) is 5.63. The van der Waals surface area contributed by atoms with Crippen molar-refractivity contribution in [2.24, 2.45) is 0 Å². The molecular weight excluding hydrogens is 383 g/mol. The van der Waals surface area contributed by atoms with Gasteiger partial charge in [-0.2, -0.15) is 0 Å². The predicted octanol–water partition coefficient (Wildman–Crippen LogP) is 3.38. The van der Waals surface area contributed by atoms with Crippen LogP contribution in [0.25, 0.3) is 0 Å². The second kappa shape index (κ2) is 8.08. The zero-order valence-electron chi connectivity index (χ0n) is 13.8. The van der Waals surface area contributed by atoms with Gasteiger partial charge in [-0.25, -0.2) is 8.42 Å². The molecule has 0 spiro atoms. The normalized spacial score (nSPS) is 11.2. The fourth-order valence-corrected chi connectivity index (χ4v) is 3.39. The number of rotatable bonds is 6. The predicted molar refractivity (Wildman–Crippen MR) is 102 cm³/mol. The van der Waals surface area contributed by atoms with Gasteiger partial charge in [-0.3, -0.25) is 9.10 Å². The van der Waals surface area contributed by atoms with Gasteiger partial charge in [-0.1, -0.05) is 53.0 Å². The van der Waals surface area contributed by atoms with Crippen molar-refractivity contribution >= 4 is 44.8 Å². The van der Waals surface area contributed by atoms with E-state index in [2.05, 4.69) is 5.32 Å². The highest BCUT2D eigenvalue weighted by molar-refractivity contribution is 7.92. The number of anilines is 1. The number of hydrogen-bond donors (Lipinski definition) is 1. The number of halogens is 2. The van der Waals surface area contributed by atoms with Gasteiger partial charge < -0.3 is 5.32 Å². The number of hydrogen-bond acceptors (Lipinski definition) is 3. The molecule has 0 aliphatic heterocycles. The SMILES string of the molecule is Cc1cccc(CNC(=O)CN(c2ccc(Cl)c(Cl)c2)S(C)(=O)=O)c1. The van der Waals surface area contributed by atoms with Crippen molar-refractivity contribution in [3.8, 4) is 0 Å². The van der Waals surface area contributed by atoms with Crippen LogP contribution in [-0.4, -0.2) is 27.1 Å². The molecule has 8 heteroatoms. The molecule has 5 nitrogen and oxygen atoms in total. The Labute approximate surface area is 157 Å². The monoisotopic (exact) mass is 400 g/mol. The lowest BCUT2D eigenvalue weighted by Crippen LogP contribution is -2.40. The van der Waals surface area contributed by atoms with E-state index in [9.17, 15) is 13.2 Å². The van der Waals surface area contributed by atoms with E-state index in [1.165, 1.54) is 18.2 Å². The Morgan fingerprint density at radius 2 is 1.84 bits per heavy atom. The summed E-state index contributed by atoms with van der Waals surface area (Å²) in [5.41, 5.74) is 2.30. The Kier molecular flexibility index (Phi) is 6.32. The van der Waals surface area contributed by atoms with E-state index in [1.807, 2.05) is 31.2 Å². The average Bonchev–Trinajstić information content (AvgIpc) is 2.52. The molecular formula is C17H18Cl2N2O3S. The van der Waals surface area contributed by atoms with Crippen molar-refractivity contribution in [1.82, 2.24) is 5.32 Å². The molecule has 134 valence electrons. The fraction of sp³-hybridized carbons (Fsp3) is 0.235. The highest BCUT2D eigenvalue weighted by atomic mass is 35.5. The first-order chi connectivity index (χ1) is 11.7. The van der Waals surface area contributed by atoms with Crippen LogP contribution in [0.15, 0.2) is 42.5 Å². The summed E-state index contributed by atoms with van der Waals surface area (Å²) < 4.78 is 25.1. The summed E-state index contributed by atoms with van der Waals surface area (Å²) in [6.07, 6.45) is 1.03. The first-order valence-corrected chi connectivity index (χ1v) is 10.0. The molecule has 0 saturated carbocycles. The third-order valence-corrected chi connectivity index (χ3v) is 5.33. The van der Waals surface area contributed by atoms with Gasteiger partial charge in [-0.15, -0.1) is 0 Å². The summed E-state index contributed by atoms with van der Waals surface area (Å²) in [6, 6.07) is 12.1. The van der Waals surface area contributed by atoms with E-state index in [0.29, 0.717) is 11.6 Å². The van der Waals surface area contributed by atoms with E-state index in [0.717, 1.165) is 21.7 Å². The molecule has 0 bridgehead atoms. The molecule has 0 atom stereocenters. The van der Waals surface area contributed by atoms with Gasteiger partial charge in [0.2, 0.25) is 15.9 Å². The summed E-state index contributed by atoms with van der Waals surface area (Å²) in [6.45, 7) is 1.93. The van der Waals surface area contributed by atoms with E-state index in [4.69, 9.17) is 23.2 Å². The van der Waals surface area contributed by atoms with E-state index >= 15 is 0 Å². The number of nitrogens with zero attached hydrogens (tertiary/aromatic N) is 1. The van der Waals surface area contributed by atoms with Crippen molar-refractivity contribution in [3.05, 3.63) is 63.6 Å². The van der Waals surface area contributed by atoms with Crippen molar-refractivity contribution in [2.75, 3.05) is 17.1 Å². The van der Waals surface area contributed by atoms with Gasteiger partial charge in [0.05, 0.1) is 22.0 Å². The lowest BCUT2D eigenvalue weighted by Gasteiger charge is -2.22. The first-order valence-electron chi connectivity index (χ1n) is 7.42. The van der Waals surface area contributed by atoms with E-state index in [-0.39, 0.29) is 17.3 Å². The van der Waals surface area contributed by atoms with Crippen molar-refractivity contribution in [3.63, 3.8) is 0 Å². The topological polar surface area (TPSA) is 66.5 Å². The molecule has 25 heavy (non-hydrogen) atoms. The van der Waals surface area contributed by atoms with Crippen LogP contribution in [0.3, 0.4) is 0 Å². The average molecular weight is 401 g/mol. The van der Waals surface area contributed by atoms with Crippen LogP contribution >= 0.6 is 23.2 Å². The van der Waals surface area contributed by atoms with Gasteiger partial charge in [0, 0.05) is 6.54 Å². The highest BCUT2D eigenvalue weighted by Crippen LogP contribution is 2.28. The smallest absolute Gasteiger partial charge is 0.241 e. The van der Waals surface area contributed by atoms with Crippen LogP contribution in [0.4, 0.5) is 5.69 Å². The van der Waals surface area contributed by atoms with Crippen molar-refractivity contribution in [1.29, 1.82) is 0 Å². The van der Waals surface area contributed by atoms with E-state index < -0.39 is 15.9 Å². The number of carbonyl (C=O) groups excluding carboxylic acids is 1. The Hall–Kier alpha value is -1.76. The molecule has 0 heterocycles. The number of carbonyl (C=O) groups is 1. The maximum Gasteiger partial charge on any atom is 0.241 e. The number of sulfonamides is 1. The molecule has 0 unspecified atom stereocenters. The van der Waals surface area contributed by atoms with E-state index in [1.54, 1.807) is 0 Å². The number of benzene rings is 2. The Balaban J connectivity index is 2.11. The third-order valence-electron chi connectivity index (χ3n) is 3.45. The largest absolute Gasteiger partial charge is 0.350 e. The fourth-order valence-electron chi connectivity index (χ4n) is 2.25. The zero-order valence-corrected chi connectivity index (χ0v) is 16.1. The Morgan fingerprint density at radius 3 is 2.44 bits per heavy atom. The van der Waals surface area contributed by atoms with Crippen LogP contribution in [0.2, 0.25) is 10.0 Å². The maximum absolute atomic E-state index is 12.2. The molecule has 0 radical (unpaired) electrons. The molecule has 0 aliphatic carbocycles. The number of nitrogens with one attached hydrogen (secondary N) is 1. The zero-order chi connectivity index (χ0) is 18.6. The quantitative estimate of drug-likeness (QED) is 0.807. The van der Waals surface area contributed by atoms with Crippen molar-refractivity contribution < 1.29 is 13.2 Å². The van der Waals surface area contributed by atoms with Gasteiger partial charge >= 0.3 is 0 Å². The standard InChI is InChI=1S/C17H18Cl2N2O3S/c1-12-4-3-5-13(8-12)10-20-17(22)11-21(25(2,23)24)14-6-7-15(18)16(19)9-14/h3-9H,10-11H2,1-2H3,(H,20,22). The van der Waals surface area contributed by atoms with Crippen LogP contribution < -0.4 is 9.62 Å². The summed E-state index contributed by atoms with van der Waals surface area (Å²) in [7, 11) is -3.66. The summed E-state index contributed by atoms with van der Waals surface area (Å²) in [5.74, 6) is -0.419. The maximum atomic E-state index is 12.2. The molecule has 2 rings (SSSR count). The van der Waals surface area contributed by atoms with Gasteiger partial charge in [0.25, 0.3) is 0 Å². The second-order valence-corrected chi connectivity index (χ2v) is 8.36. The van der Waals surface area contributed by atoms with Crippen molar-refractivity contribution in [2.45, 2.75) is 13.5 Å². The molecule has 2 aromatic rings. The van der Waals surface area contributed by atoms with Crippen LogP contribution in [0.5, 0.6) is 0 Å². The molecule has 0 fully saturated rings. The Bertz CT molecular complexity index is 885. The summed E-state index contributed by atoms with van der Waals surface area (Å²) >= 11 is 11.8. The lowest BCUT2D eigenvalue weighted by molar-refractivity contribution is -0.119. The van der Waals surface area contributed by atoms with Crippen LogP contribution in [0, 0.1) is 6.92 Å². The van der Waals surface area contributed by atoms with Gasteiger partial charge in [0.1, 0.15) is 6.54 Å². The summed E-state index contributed by atoms with van der Waals surface area (Å²) in [4.78, 5) is 12.2. The van der Waals surface area contributed by atoms with Gasteiger partial charge in [-0.05, 0) is 30.7 Å². The first kappa shape index (κ1) is 19.6. The lowest BCUT2D eigenvalue weighted by atomic mass is 10.1. The molecule has 2 aromatic carbocycles. The molecule has 0 aliphatic rings. The van der Waals surface area contributed by atoms with Crippen LogP contribution in [0.1, 0.15) is 11.1 Å². The minimum atomic E-state index is -3.66.